The van der Waals surface area contributed by atoms with Crippen LogP contribution in [0.15, 0.2) is 53.0 Å². The van der Waals surface area contributed by atoms with Crippen LogP contribution >= 0.6 is 31.9 Å². The number of alkyl halides is 1. The van der Waals surface area contributed by atoms with Crippen molar-refractivity contribution in [3.05, 3.63) is 53.0 Å². The van der Waals surface area contributed by atoms with Crippen LogP contribution in [-0.2, 0) is 14.3 Å². The lowest BCUT2D eigenvalue weighted by molar-refractivity contribution is -0.145. The molecule has 1 heterocycles. The van der Waals surface area contributed by atoms with Crippen LogP contribution in [0, 0.1) is 23.7 Å². The second-order valence-corrected chi connectivity index (χ2v) is 9.50. The van der Waals surface area contributed by atoms with E-state index in [0.717, 1.165) is 16.6 Å². The maximum atomic E-state index is 12.9. The van der Waals surface area contributed by atoms with Gasteiger partial charge in [-0.1, -0.05) is 31.9 Å². The van der Waals surface area contributed by atoms with E-state index in [0.29, 0.717) is 11.4 Å². The third kappa shape index (κ3) is 2.95. The van der Waals surface area contributed by atoms with Crippen LogP contribution in [0.1, 0.15) is 6.42 Å². The van der Waals surface area contributed by atoms with Gasteiger partial charge in [0.1, 0.15) is 17.6 Å². The molecule has 2 saturated carbocycles. The molecule has 2 aliphatic carbocycles. The molecule has 3 fully saturated rings. The fourth-order valence-electron chi connectivity index (χ4n) is 4.80. The van der Waals surface area contributed by atoms with E-state index in [1.807, 2.05) is 36.4 Å². The van der Waals surface area contributed by atoms with E-state index in [4.69, 9.17) is 9.47 Å². The average Bonchev–Trinajstić information content (AvgIpc) is 3.29. The summed E-state index contributed by atoms with van der Waals surface area (Å²) in [5, 5.41) is 2.96. The summed E-state index contributed by atoms with van der Waals surface area (Å²) < 4.78 is 12.3. The van der Waals surface area contributed by atoms with Gasteiger partial charge >= 0.3 is 5.97 Å². The smallest absolute Gasteiger partial charge is 0.310 e. The Labute approximate surface area is 179 Å². The Balaban J connectivity index is 1.27. The van der Waals surface area contributed by atoms with Crippen LogP contribution in [0.25, 0.3) is 0 Å². The Morgan fingerprint density at radius 1 is 1.04 bits per heavy atom. The zero-order chi connectivity index (χ0) is 19.4. The molecule has 6 atom stereocenters. The summed E-state index contributed by atoms with van der Waals surface area (Å²) in [5.74, 6) is 0.759. The first-order valence-electron chi connectivity index (χ1n) is 9.20. The van der Waals surface area contributed by atoms with Gasteiger partial charge in [0, 0.05) is 16.1 Å². The Bertz CT molecular complexity index is 930. The third-order valence-electron chi connectivity index (χ3n) is 6.00. The largest absolute Gasteiger partial charge is 0.461 e. The lowest BCUT2D eigenvalue weighted by Crippen LogP contribution is -2.40. The molecule has 7 heteroatoms. The van der Waals surface area contributed by atoms with Crippen molar-refractivity contribution in [1.29, 1.82) is 0 Å². The van der Waals surface area contributed by atoms with Crippen molar-refractivity contribution in [3.63, 3.8) is 0 Å². The van der Waals surface area contributed by atoms with Crippen LogP contribution in [-0.4, -0.2) is 22.8 Å². The molecule has 0 spiro atoms. The molecule has 2 aromatic carbocycles. The molecule has 5 rings (SSSR count). The van der Waals surface area contributed by atoms with Crippen LogP contribution < -0.4 is 10.1 Å². The summed E-state index contributed by atoms with van der Waals surface area (Å²) in [5.41, 5.74) is 0.685. The van der Waals surface area contributed by atoms with E-state index in [1.54, 1.807) is 12.1 Å². The number of hydrogen-bond acceptors (Lipinski definition) is 4. The number of carbonyl (C=O) groups excluding carboxylic acids is 2. The molecule has 0 unspecified atom stereocenters. The number of benzene rings is 2. The van der Waals surface area contributed by atoms with Crippen LogP contribution in [0.4, 0.5) is 5.69 Å². The van der Waals surface area contributed by atoms with E-state index < -0.39 is 0 Å². The first-order chi connectivity index (χ1) is 13.5. The second kappa shape index (κ2) is 6.88. The van der Waals surface area contributed by atoms with Gasteiger partial charge in [0.05, 0.1) is 16.7 Å². The summed E-state index contributed by atoms with van der Waals surface area (Å²) in [7, 11) is 0. The fraction of sp³-hybridized carbons (Fsp3) is 0.333. The number of carbonyl (C=O) groups is 2. The van der Waals surface area contributed by atoms with Crippen molar-refractivity contribution in [2.24, 2.45) is 23.7 Å². The fourth-order valence-corrected chi connectivity index (χ4v) is 6.11. The second-order valence-electron chi connectivity index (χ2n) is 7.53. The molecule has 28 heavy (non-hydrogen) atoms. The number of esters is 1. The van der Waals surface area contributed by atoms with Crippen LogP contribution in [0.5, 0.6) is 11.5 Å². The number of amides is 1. The molecule has 1 amide bonds. The minimum atomic E-state index is -0.334. The highest BCUT2D eigenvalue weighted by Gasteiger charge is 2.67. The van der Waals surface area contributed by atoms with Gasteiger partial charge in [0.25, 0.3) is 0 Å². The predicted molar refractivity (Wildman–Crippen MR) is 110 cm³/mol. The third-order valence-corrected chi connectivity index (χ3v) is 7.73. The number of anilines is 1. The van der Waals surface area contributed by atoms with Crippen molar-refractivity contribution in [2.45, 2.75) is 17.4 Å². The van der Waals surface area contributed by atoms with E-state index in [-0.39, 0.29) is 46.5 Å². The molecule has 1 N–H and O–H groups in total. The summed E-state index contributed by atoms with van der Waals surface area (Å²) in [6.07, 6.45) is 0.802. The van der Waals surface area contributed by atoms with Crippen molar-refractivity contribution in [3.8, 4) is 11.5 Å². The van der Waals surface area contributed by atoms with Crippen molar-refractivity contribution < 1.29 is 19.1 Å². The van der Waals surface area contributed by atoms with E-state index in [1.165, 1.54) is 0 Å². The van der Waals surface area contributed by atoms with Gasteiger partial charge in [-0.3, -0.25) is 9.59 Å². The van der Waals surface area contributed by atoms with Gasteiger partial charge in [-0.2, -0.15) is 0 Å². The molecular weight excluding hydrogens is 490 g/mol. The average molecular weight is 507 g/mol. The molecule has 2 aromatic rings. The molecule has 144 valence electrons. The van der Waals surface area contributed by atoms with E-state index in [2.05, 4.69) is 37.2 Å². The lowest BCUT2D eigenvalue weighted by atomic mass is 9.79. The van der Waals surface area contributed by atoms with Gasteiger partial charge < -0.3 is 14.8 Å². The Hall–Kier alpha value is -1.86. The van der Waals surface area contributed by atoms with Crippen LogP contribution in [0.2, 0.25) is 0 Å². The first kappa shape index (κ1) is 18.2. The molecule has 0 radical (unpaired) electrons. The van der Waals surface area contributed by atoms with Crippen molar-refractivity contribution >= 4 is 49.4 Å². The number of ether oxygens (including phenoxy) is 2. The molecule has 3 aliphatic rings. The SMILES string of the molecule is O=C(Nc1ccc(Oc2ccc(Br)cc2)cc1)[C@@H]1[C@H]2C[C@H]3[C@H](OC(=O)[C@H]31)[C@H]2Br. The summed E-state index contributed by atoms with van der Waals surface area (Å²) in [4.78, 5) is 25.2. The maximum absolute atomic E-state index is 12.9. The summed E-state index contributed by atoms with van der Waals surface area (Å²) in [6.45, 7) is 0. The van der Waals surface area contributed by atoms with E-state index >= 15 is 0 Å². The highest BCUT2D eigenvalue weighted by Crippen LogP contribution is 2.60. The molecular formula is C21H17Br2NO4. The summed E-state index contributed by atoms with van der Waals surface area (Å²) >= 11 is 7.03. The highest BCUT2D eigenvalue weighted by molar-refractivity contribution is 9.10. The number of rotatable bonds is 4. The standard InChI is InChI=1S/C21H17Br2NO4/c22-10-1-5-12(6-2-10)27-13-7-3-11(4-8-13)24-20(25)16-14-9-15-17(16)21(26)28-19(15)18(14)23/h1-8,14-19H,9H2,(H,24,25)/t14-,15-,16-,17-,18+,19+/m1/s1. The maximum Gasteiger partial charge on any atom is 0.310 e. The number of halogens is 2. The molecule has 1 saturated heterocycles. The Kier molecular flexibility index (Phi) is 4.47. The van der Waals surface area contributed by atoms with Gasteiger partial charge in [-0.15, -0.1) is 0 Å². The van der Waals surface area contributed by atoms with Gasteiger partial charge in [-0.25, -0.2) is 0 Å². The van der Waals surface area contributed by atoms with Crippen LogP contribution in [0.3, 0.4) is 0 Å². The summed E-state index contributed by atoms with van der Waals surface area (Å²) in [6, 6.07) is 14.8. The molecule has 2 bridgehead atoms. The predicted octanol–water partition coefficient (Wildman–Crippen LogP) is 4.75. The van der Waals surface area contributed by atoms with Crippen molar-refractivity contribution in [1.82, 2.24) is 0 Å². The van der Waals surface area contributed by atoms with Gasteiger partial charge in [0.2, 0.25) is 5.91 Å². The molecule has 5 nitrogen and oxygen atoms in total. The topological polar surface area (TPSA) is 64.6 Å². The molecule has 0 aromatic heterocycles. The quantitative estimate of drug-likeness (QED) is 0.480. The zero-order valence-electron chi connectivity index (χ0n) is 14.7. The lowest BCUT2D eigenvalue weighted by Gasteiger charge is -2.27. The number of hydrogen-bond donors (Lipinski definition) is 1. The Morgan fingerprint density at radius 3 is 2.36 bits per heavy atom. The Morgan fingerprint density at radius 2 is 1.68 bits per heavy atom. The highest BCUT2D eigenvalue weighted by atomic mass is 79.9. The normalized spacial score (nSPS) is 32.3. The zero-order valence-corrected chi connectivity index (χ0v) is 17.9. The first-order valence-corrected chi connectivity index (χ1v) is 10.9. The number of nitrogens with one attached hydrogen (secondary N) is 1. The van der Waals surface area contributed by atoms with Gasteiger partial charge in [-0.05, 0) is 60.9 Å². The number of fused-ring (bicyclic) bond motifs is 1. The minimum Gasteiger partial charge on any atom is -0.461 e. The molecule has 1 aliphatic heterocycles. The van der Waals surface area contributed by atoms with Gasteiger partial charge in [0.15, 0.2) is 0 Å². The van der Waals surface area contributed by atoms with Crippen molar-refractivity contribution in [2.75, 3.05) is 5.32 Å². The monoisotopic (exact) mass is 505 g/mol. The minimum absolute atomic E-state index is 0.0673. The van der Waals surface area contributed by atoms with E-state index in [9.17, 15) is 9.59 Å².